The summed E-state index contributed by atoms with van der Waals surface area (Å²) in [6.07, 6.45) is 3.61. The lowest BCUT2D eigenvalue weighted by atomic mass is 10.1. The first-order valence-electron chi connectivity index (χ1n) is 8.66. The van der Waals surface area contributed by atoms with Gasteiger partial charge >= 0.3 is 5.97 Å². The molecular formula is C19H22N2O4S2. The van der Waals surface area contributed by atoms with Gasteiger partial charge in [0.05, 0.1) is 4.91 Å². The summed E-state index contributed by atoms with van der Waals surface area (Å²) in [7, 11) is 0. The largest absolute Gasteiger partial charge is 0.480 e. The molecule has 2 rings (SSSR count). The number of carboxylic acid groups (broad SMARTS) is 1. The van der Waals surface area contributed by atoms with Gasteiger partial charge in [0.2, 0.25) is 5.91 Å². The van der Waals surface area contributed by atoms with E-state index in [9.17, 15) is 19.5 Å². The molecule has 1 aliphatic heterocycles. The van der Waals surface area contributed by atoms with Crippen LogP contribution >= 0.6 is 24.0 Å². The Morgan fingerprint density at radius 1 is 1.33 bits per heavy atom. The van der Waals surface area contributed by atoms with Crippen LogP contribution in [-0.2, 0) is 14.4 Å². The Labute approximate surface area is 168 Å². The van der Waals surface area contributed by atoms with Crippen molar-refractivity contribution in [1.82, 2.24) is 10.2 Å². The van der Waals surface area contributed by atoms with Gasteiger partial charge in [0.25, 0.3) is 5.91 Å². The number of carbonyl (C=O) groups excluding carboxylic acids is 2. The molecule has 144 valence electrons. The van der Waals surface area contributed by atoms with E-state index in [1.807, 2.05) is 38.1 Å². The van der Waals surface area contributed by atoms with Gasteiger partial charge in [0.1, 0.15) is 16.9 Å². The third kappa shape index (κ3) is 5.90. The average molecular weight is 407 g/mol. The number of amides is 2. The number of nitrogens with one attached hydrogen (secondary N) is 1. The van der Waals surface area contributed by atoms with Gasteiger partial charge in [-0.2, -0.15) is 0 Å². The lowest BCUT2D eigenvalue weighted by Gasteiger charge is -2.18. The van der Waals surface area contributed by atoms with Crippen LogP contribution < -0.4 is 5.32 Å². The minimum atomic E-state index is -1.08. The SMILES string of the molecule is CCCC[C@@H](NC(=O)CN1C(=O)/C(=C\c2ccc(C)cc2)SC1=S)C(=O)O. The highest BCUT2D eigenvalue weighted by molar-refractivity contribution is 8.26. The second-order valence-corrected chi connectivity index (χ2v) is 7.95. The van der Waals surface area contributed by atoms with Crippen LogP contribution in [0.4, 0.5) is 0 Å². The third-order valence-electron chi connectivity index (χ3n) is 4.03. The Bertz CT molecular complexity index is 774. The summed E-state index contributed by atoms with van der Waals surface area (Å²) in [5.41, 5.74) is 1.99. The molecule has 0 unspecified atom stereocenters. The zero-order chi connectivity index (χ0) is 20.0. The third-order valence-corrected chi connectivity index (χ3v) is 5.41. The van der Waals surface area contributed by atoms with Crippen molar-refractivity contribution >= 4 is 52.2 Å². The Balaban J connectivity index is 2.03. The van der Waals surface area contributed by atoms with Crippen molar-refractivity contribution in [2.45, 2.75) is 39.2 Å². The van der Waals surface area contributed by atoms with Crippen molar-refractivity contribution in [3.63, 3.8) is 0 Å². The molecule has 0 aromatic heterocycles. The van der Waals surface area contributed by atoms with Crippen molar-refractivity contribution in [3.8, 4) is 0 Å². The number of thioether (sulfide) groups is 1. The van der Waals surface area contributed by atoms with Crippen LogP contribution in [0, 0.1) is 6.92 Å². The van der Waals surface area contributed by atoms with Crippen LogP contribution in [-0.4, -0.2) is 44.7 Å². The highest BCUT2D eigenvalue weighted by Crippen LogP contribution is 2.32. The fourth-order valence-corrected chi connectivity index (χ4v) is 3.75. The van der Waals surface area contributed by atoms with E-state index in [-0.39, 0.29) is 16.8 Å². The topological polar surface area (TPSA) is 86.7 Å². The molecule has 0 spiro atoms. The second-order valence-electron chi connectivity index (χ2n) is 6.28. The van der Waals surface area contributed by atoms with Crippen molar-refractivity contribution < 1.29 is 19.5 Å². The van der Waals surface area contributed by atoms with Gasteiger partial charge in [-0.15, -0.1) is 0 Å². The summed E-state index contributed by atoms with van der Waals surface area (Å²) in [5.74, 6) is -1.96. The first-order chi connectivity index (χ1) is 12.8. The quantitative estimate of drug-likeness (QED) is 0.510. The molecule has 1 fully saturated rings. The van der Waals surface area contributed by atoms with E-state index in [1.54, 1.807) is 6.08 Å². The molecule has 0 bridgehead atoms. The van der Waals surface area contributed by atoms with Crippen LogP contribution in [0.1, 0.15) is 37.3 Å². The molecule has 1 heterocycles. The van der Waals surface area contributed by atoms with Gasteiger partial charge in [-0.05, 0) is 25.0 Å². The maximum absolute atomic E-state index is 12.6. The number of nitrogens with zero attached hydrogens (tertiary/aromatic N) is 1. The van der Waals surface area contributed by atoms with Crippen molar-refractivity contribution in [2.75, 3.05) is 6.54 Å². The summed E-state index contributed by atoms with van der Waals surface area (Å²) >= 11 is 6.35. The standard InChI is InChI=1S/C19H22N2O4S2/c1-3-4-5-14(18(24)25)20-16(22)11-21-17(23)15(27-19(21)26)10-13-8-6-12(2)7-9-13/h6-10,14H,3-5,11H2,1-2H3,(H,20,22)(H,24,25)/b15-10+/t14-/m1/s1. The molecule has 2 amide bonds. The molecule has 0 radical (unpaired) electrons. The van der Waals surface area contributed by atoms with Crippen LogP contribution in [0.3, 0.4) is 0 Å². The number of unbranched alkanes of at least 4 members (excludes halogenated alkanes) is 1. The van der Waals surface area contributed by atoms with Crippen molar-refractivity contribution in [1.29, 1.82) is 0 Å². The molecule has 0 aliphatic carbocycles. The molecule has 1 aliphatic rings. The molecule has 8 heteroatoms. The summed E-state index contributed by atoms with van der Waals surface area (Å²) in [6, 6.07) is 6.74. The fraction of sp³-hybridized carbons (Fsp3) is 0.368. The Hall–Kier alpha value is -2.19. The summed E-state index contributed by atoms with van der Waals surface area (Å²) < 4.78 is 0.286. The minimum absolute atomic E-state index is 0.286. The van der Waals surface area contributed by atoms with E-state index in [4.69, 9.17) is 12.2 Å². The number of carboxylic acids is 1. The number of aryl methyl sites for hydroxylation is 1. The minimum Gasteiger partial charge on any atom is -0.480 e. The highest BCUT2D eigenvalue weighted by Gasteiger charge is 2.34. The molecule has 27 heavy (non-hydrogen) atoms. The summed E-state index contributed by atoms with van der Waals surface area (Å²) in [4.78, 5) is 37.7. The van der Waals surface area contributed by atoms with E-state index < -0.39 is 17.9 Å². The highest BCUT2D eigenvalue weighted by atomic mass is 32.2. The van der Waals surface area contributed by atoms with E-state index in [0.717, 1.165) is 29.3 Å². The Morgan fingerprint density at radius 3 is 2.59 bits per heavy atom. The van der Waals surface area contributed by atoms with E-state index in [1.165, 1.54) is 4.90 Å². The number of hydrogen-bond acceptors (Lipinski definition) is 5. The first-order valence-corrected chi connectivity index (χ1v) is 9.88. The molecule has 6 nitrogen and oxygen atoms in total. The zero-order valence-corrected chi connectivity index (χ0v) is 16.9. The summed E-state index contributed by atoms with van der Waals surface area (Å²) in [5, 5.41) is 11.7. The van der Waals surface area contributed by atoms with Gasteiger partial charge in [-0.3, -0.25) is 14.5 Å². The van der Waals surface area contributed by atoms with Crippen LogP contribution in [0.5, 0.6) is 0 Å². The molecule has 0 saturated carbocycles. The zero-order valence-electron chi connectivity index (χ0n) is 15.2. The molecule has 1 aromatic rings. The lowest BCUT2D eigenvalue weighted by Crippen LogP contribution is -2.46. The normalized spacial score (nSPS) is 16.7. The first kappa shape index (κ1) is 21.1. The average Bonchev–Trinajstić information content (AvgIpc) is 2.87. The van der Waals surface area contributed by atoms with Crippen LogP contribution in [0.15, 0.2) is 29.2 Å². The number of aliphatic carboxylic acids is 1. The Kier molecular flexibility index (Phi) is 7.55. The fourth-order valence-electron chi connectivity index (χ4n) is 2.50. The van der Waals surface area contributed by atoms with Gasteiger partial charge in [0.15, 0.2) is 0 Å². The smallest absolute Gasteiger partial charge is 0.326 e. The molecule has 2 N–H and O–H groups in total. The van der Waals surface area contributed by atoms with Gasteiger partial charge < -0.3 is 10.4 Å². The maximum Gasteiger partial charge on any atom is 0.326 e. The number of rotatable bonds is 8. The van der Waals surface area contributed by atoms with Gasteiger partial charge in [0, 0.05) is 0 Å². The van der Waals surface area contributed by atoms with Crippen molar-refractivity contribution in [3.05, 3.63) is 40.3 Å². The molecule has 1 atom stereocenters. The van der Waals surface area contributed by atoms with Crippen LogP contribution in [0.2, 0.25) is 0 Å². The second kappa shape index (κ2) is 9.66. The summed E-state index contributed by atoms with van der Waals surface area (Å²) in [6.45, 7) is 3.64. The number of hydrogen-bond donors (Lipinski definition) is 2. The van der Waals surface area contributed by atoms with E-state index in [0.29, 0.717) is 17.7 Å². The number of benzene rings is 1. The predicted octanol–water partition coefficient (Wildman–Crippen LogP) is 2.96. The maximum atomic E-state index is 12.6. The predicted molar refractivity (Wildman–Crippen MR) is 110 cm³/mol. The molecular weight excluding hydrogens is 384 g/mol. The van der Waals surface area contributed by atoms with E-state index in [2.05, 4.69) is 5.32 Å². The van der Waals surface area contributed by atoms with Crippen molar-refractivity contribution in [2.24, 2.45) is 0 Å². The monoisotopic (exact) mass is 406 g/mol. The van der Waals surface area contributed by atoms with Crippen LogP contribution in [0.25, 0.3) is 6.08 Å². The lowest BCUT2D eigenvalue weighted by molar-refractivity contribution is -0.142. The molecule has 1 aromatic carbocycles. The number of carbonyl (C=O) groups is 3. The van der Waals surface area contributed by atoms with Gasteiger partial charge in [-0.25, -0.2) is 4.79 Å². The molecule has 1 saturated heterocycles. The number of thiocarbonyl (C=S) groups is 1. The Morgan fingerprint density at radius 2 is 2.00 bits per heavy atom. The van der Waals surface area contributed by atoms with Gasteiger partial charge in [-0.1, -0.05) is 73.6 Å². The van der Waals surface area contributed by atoms with E-state index >= 15 is 0 Å².